The molecule has 5 heteroatoms. The maximum atomic E-state index is 12.1. The van der Waals surface area contributed by atoms with Crippen LogP contribution in [-0.2, 0) is 4.79 Å². The van der Waals surface area contributed by atoms with Crippen molar-refractivity contribution >= 4 is 43.6 Å². The number of hydrogen-bond acceptors (Lipinski definition) is 2. The van der Waals surface area contributed by atoms with Crippen molar-refractivity contribution in [1.82, 2.24) is 0 Å². The SMILES string of the molecule is CC(C(=O)O)C(C)C(=O)c1cc(Br)ccc1Br. The molecule has 1 N–H and O–H groups in total. The van der Waals surface area contributed by atoms with Gasteiger partial charge in [0.2, 0.25) is 0 Å². The van der Waals surface area contributed by atoms with Crippen LogP contribution in [0.1, 0.15) is 24.2 Å². The molecule has 0 aliphatic carbocycles. The summed E-state index contributed by atoms with van der Waals surface area (Å²) < 4.78 is 1.47. The van der Waals surface area contributed by atoms with Crippen LogP contribution >= 0.6 is 31.9 Å². The van der Waals surface area contributed by atoms with E-state index in [0.717, 1.165) is 4.47 Å². The van der Waals surface area contributed by atoms with Crippen molar-refractivity contribution in [3.63, 3.8) is 0 Å². The van der Waals surface area contributed by atoms with Crippen molar-refractivity contribution in [1.29, 1.82) is 0 Å². The number of benzene rings is 1. The number of halogens is 2. The molecule has 0 saturated heterocycles. The van der Waals surface area contributed by atoms with Crippen molar-refractivity contribution in [3.05, 3.63) is 32.7 Å². The molecule has 1 aromatic rings. The van der Waals surface area contributed by atoms with Gasteiger partial charge in [-0.15, -0.1) is 0 Å². The Kier molecular flexibility index (Phi) is 4.89. The second-order valence-electron chi connectivity index (χ2n) is 3.90. The van der Waals surface area contributed by atoms with Crippen LogP contribution in [0.4, 0.5) is 0 Å². The largest absolute Gasteiger partial charge is 0.481 e. The number of carbonyl (C=O) groups is 2. The normalized spacial score (nSPS) is 14.1. The van der Waals surface area contributed by atoms with E-state index in [9.17, 15) is 9.59 Å². The van der Waals surface area contributed by atoms with Crippen LogP contribution in [0.15, 0.2) is 27.1 Å². The number of carbonyl (C=O) groups excluding carboxylic acids is 1. The number of carboxylic acid groups (broad SMARTS) is 1. The Hall–Kier alpha value is -0.680. The van der Waals surface area contributed by atoms with E-state index >= 15 is 0 Å². The summed E-state index contributed by atoms with van der Waals surface area (Å²) >= 11 is 6.59. The molecule has 0 radical (unpaired) electrons. The number of Topliss-reactive ketones (excluding diaryl/α,β-unsaturated/α-hetero) is 1. The fourth-order valence-corrected chi connectivity index (χ4v) is 2.18. The first kappa shape index (κ1) is 14.4. The van der Waals surface area contributed by atoms with Crippen LogP contribution in [-0.4, -0.2) is 16.9 Å². The predicted molar refractivity (Wildman–Crippen MR) is 72.1 cm³/mol. The van der Waals surface area contributed by atoms with Crippen LogP contribution in [0.25, 0.3) is 0 Å². The molecule has 0 fully saturated rings. The molecule has 17 heavy (non-hydrogen) atoms. The van der Waals surface area contributed by atoms with E-state index in [-0.39, 0.29) is 5.78 Å². The van der Waals surface area contributed by atoms with Gasteiger partial charge in [0.1, 0.15) is 0 Å². The van der Waals surface area contributed by atoms with Gasteiger partial charge in [0.25, 0.3) is 0 Å². The van der Waals surface area contributed by atoms with Gasteiger partial charge < -0.3 is 5.11 Å². The molecule has 2 unspecified atom stereocenters. The van der Waals surface area contributed by atoms with Crippen molar-refractivity contribution in [3.8, 4) is 0 Å². The minimum atomic E-state index is -0.961. The molecular formula is C12H12Br2O3. The van der Waals surface area contributed by atoms with Gasteiger partial charge in [0, 0.05) is 20.4 Å². The van der Waals surface area contributed by atoms with E-state index in [1.165, 1.54) is 6.92 Å². The minimum absolute atomic E-state index is 0.173. The van der Waals surface area contributed by atoms with E-state index in [2.05, 4.69) is 31.9 Å². The van der Waals surface area contributed by atoms with Crippen LogP contribution in [0.5, 0.6) is 0 Å². The number of carboxylic acids is 1. The van der Waals surface area contributed by atoms with Gasteiger partial charge >= 0.3 is 5.97 Å². The van der Waals surface area contributed by atoms with Crippen molar-refractivity contribution < 1.29 is 14.7 Å². The van der Waals surface area contributed by atoms with Gasteiger partial charge in [-0.1, -0.05) is 45.7 Å². The van der Waals surface area contributed by atoms with Gasteiger partial charge in [-0.3, -0.25) is 9.59 Å². The van der Waals surface area contributed by atoms with Gasteiger partial charge in [-0.2, -0.15) is 0 Å². The van der Waals surface area contributed by atoms with Crippen molar-refractivity contribution in [2.45, 2.75) is 13.8 Å². The van der Waals surface area contributed by atoms with E-state index in [4.69, 9.17) is 5.11 Å². The first-order chi connectivity index (χ1) is 7.84. The standard InChI is InChI=1S/C12H12Br2O3/c1-6(7(2)12(16)17)11(15)9-5-8(13)3-4-10(9)14/h3-7H,1-2H3,(H,16,17). The molecule has 2 atom stereocenters. The van der Waals surface area contributed by atoms with E-state index in [0.29, 0.717) is 10.0 Å². The Balaban J connectivity index is 3.04. The zero-order valence-electron chi connectivity index (χ0n) is 9.41. The molecule has 0 bridgehead atoms. The summed E-state index contributed by atoms with van der Waals surface area (Å²) in [6.07, 6.45) is 0. The Bertz CT molecular complexity index is 457. The third-order valence-corrected chi connectivity index (χ3v) is 3.93. The maximum Gasteiger partial charge on any atom is 0.306 e. The average Bonchev–Trinajstić information content (AvgIpc) is 2.29. The van der Waals surface area contributed by atoms with Crippen LogP contribution < -0.4 is 0 Å². The fraction of sp³-hybridized carbons (Fsp3) is 0.333. The molecule has 0 aromatic heterocycles. The van der Waals surface area contributed by atoms with E-state index in [1.54, 1.807) is 19.1 Å². The summed E-state index contributed by atoms with van der Waals surface area (Å²) in [5, 5.41) is 8.90. The highest BCUT2D eigenvalue weighted by Gasteiger charge is 2.27. The molecule has 92 valence electrons. The van der Waals surface area contributed by atoms with Gasteiger partial charge in [0.15, 0.2) is 5.78 Å². The molecule has 0 aliphatic heterocycles. The van der Waals surface area contributed by atoms with Gasteiger partial charge in [-0.25, -0.2) is 0 Å². The molecule has 0 amide bonds. The van der Waals surface area contributed by atoms with Crippen molar-refractivity contribution in [2.24, 2.45) is 11.8 Å². The Morgan fingerprint density at radius 1 is 1.18 bits per heavy atom. The highest BCUT2D eigenvalue weighted by atomic mass is 79.9. The second kappa shape index (κ2) is 5.78. The maximum absolute atomic E-state index is 12.1. The molecule has 1 aromatic carbocycles. The first-order valence-corrected chi connectivity index (χ1v) is 6.65. The molecule has 1 rings (SSSR count). The molecule has 0 saturated carbocycles. The zero-order valence-corrected chi connectivity index (χ0v) is 12.6. The average molecular weight is 364 g/mol. The van der Waals surface area contributed by atoms with Crippen LogP contribution in [0, 0.1) is 11.8 Å². The lowest BCUT2D eigenvalue weighted by Crippen LogP contribution is -2.25. The lowest BCUT2D eigenvalue weighted by Gasteiger charge is -2.15. The Labute approximate surface area is 116 Å². The molecular weight excluding hydrogens is 352 g/mol. The number of hydrogen-bond donors (Lipinski definition) is 1. The summed E-state index contributed by atoms with van der Waals surface area (Å²) in [4.78, 5) is 23.0. The van der Waals surface area contributed by atoms with E-state index in [1.807, 2.05) is 6.07 Å². The topological polar surface area (TPSA) is 54.4 Å². The molecule has 0 spiro atoms. The van der Waals surface area contributed by atoms with Crippen LogP contribution in [0.3, 0.4) is 0 Å². The number of aliphatic carboxylic acids is 1. The third-order valence-electron chi connectivity index (χ3n) is 2.75. The quantitative estimate of drug-likeness (QED) is 0.829. The lowest BCUT2D eigenvalue weighted by molar-refractivity contribution is -0.142. The summed E-state index contributed by atoms with van der Waals surface area (Å²) in [6, 6.07) is 5.26. The summed E-state index contributed by atoms with van der Waals surface area (Å²) in [7, 11) is 0. The molecule has 0 heterocycles. The smallest absolute Gasteiger partial charge is 0.306 e. The van der Waals surface area contributed by atoms with Crippen LogP contribution in [0.2, 0.25) is 0 Å². The summed E-state index contributed by atoms with van der Waals surface area (Å²) in [5.41, 5.74) is 0.500. The second-order valence-corrected chi connectivity index (χ2v) is 5.67. The number of rotatable bonds is 4. The Morgan fingerprint density at radius 3 is 2.29 bits per heavy atom. The van der Waals surface area contributed by atoms with Gasteiger partial charge in [0.05, 0.1) is 5.92 Å². The highest BCUT2D eigenvalue weighted by Crippen LogP contribution is 2.26. The number of ketones is 1. The zero-order chi connectivity index (χ0) is 13.2. The first-order valence-electron chi connectivity index (χ1n) is 5.06. The third kappa shape index (κ3) is 3.39. The molecule has 0 aliphatic rings. The highest BCUT2D eigenvalue weighted by molar-refractivity contribution is 9.11. The fourth-order valence-electron chi connectivity index (χ4n) is 1.37. The lowest BCUT2D eigenvalue weighted by atomic mass is 9.88. The summed E-state index contributed by atoms with van der Waals surface area (Å²) in [5.74, 6) is -2.39. The summed E-state index contributed by atoms with van der Waals surface area (Å²) in [6.45, 7) is 3.17. The molecule has 3 nitrogen and oxygen atoms in total. The minimum Gasteiger partial charge on any atom is -0.481 e. The van der Waals surface area contributed by atoms with E-state index < -0.39 is 17.8 Å². The monoisotopic (exact) mass is 362 g/mol. The Morgan fingerprint density at radius 2 is 1.76 bits per heavy atom. The van der Waals surface area contributed by atoms with Crippen molar-refractivity contribution in [2.75, 3.05) is 0 Å². The van der Waals surface area contributed by atoms with Gasteiger partial charge in [-0.05, 0) is 18.2 Å². The predicted octanol–water partition coefficient (Wildman–Crippen LogP) is 3.75.